The van der Waals surface area contributed by atoms with E-state index in [1.165, 1.54) is 6.21 Å². The molecule has 2 N–H and O–H groups in total. The van der Waals surface area contributed by atoms with Crippen LogP contribution in [-0.4, -0.2) is 23.8 Å². The van der Waals surface area contributed by atoms with E-state index in [2.05, 4.69) is 26.5 Å². The first kappa shape index (κ1) is 18.7. The topological polar surface area (TPSA) is 70.9 Å². The van der Waals surface area contributed by atoms with Gasteiger partial charge in [0.05, 0.1) is 9.78 Å². The van der Waals surface area contributed by atoms with E-state index in [0.717, 1.165) is 15.2 Å². The number of ether oxygens (including phenoxy) is 1. The van der Waals surface area contributed by atoms with E-state index < -0.39 is 5.91 Å². The van der Waals surface area contributed by atoms with Gasteiger partial charge >= 0.3 is 0 Å². The number of phenols is 1. The SMILES string of the molecule is O=C(COc1cccc2ccccc12)N/N=C/c1cc(Br)cc(I)c1O. The van der Waals surface area contributed by atoms with E-state index in [1.54, 1.807) is 12.1 Å². The summed E-state index contributed by atoms with van der Waals surface area (Å²) in [6.07, 6.45) is 1.39. The van der Waals surface area contributed by atoms with Gasteiger partial charge in [-0.1, -0.05) is 52.3 Å². The molecule has 0 aliphatic rings. The van der Waals surface area contributed by atoms with Crippen molar-refractivity contribution in [2.45, 2.75) is 0 Å². The van der Waals surface area contributed by atoms with Crippen LogP contribution in [0.3, 0.4) is 0 Å². The van der Waals surface area contributed by atoms with Crippen LogP contribution in [0.25, 0.3) is 10.8 Å². The maximum absolute atomic E-state index is 11.9. The minimum absolute atomic E-state index is 0.110. The summed E-state index contributed by atoms with van der Waals surface area (Å²) < 4.78 is 7.10. The highest BCUT2D eigenvalue weighted by molar-refractivity contribution is 14.1. The fourth-order valence-electron chi connectivity index (χ4n) is 2.36. The summed E-state index contributed by atoms with van der Waals surface area (Å²) in [4.78, 5) is 11.9. The molecule has 7 heteroatoms. The number of carbonyl (C=O) groups excluding carboxylic acids is 1. The van der Waals surface area contributed by atoms with Crippen LogP contribution in [-0.2, 0) is 4.79 Å². The maximum Gasteiger partial charge on any atom is 0.277 e. The molecule has 0 saturated carbocycles. The number of amides is 1. The molecule has 3 rings (SSSR count). The van der Waals surface area contributed by atoms with Crippen molar-refractivity contribution < 1.29 is 14.6 Å². The van der Waals surface area contributed by atoms with Crippen LogP contribution < -0.4 is 10.2 Å². The van der Waals surface area contributed by atoms with Crippen molar-refractivity contribution in [3.05, 3.63) is 68.2 Å². The number of fused-ring (bicyclic) bond motifs is 1. The van der Waals surface area contributed by atoms with E-state index in [-0.39, 0.29) is 12.4 Å². The van der Waals surface area contributed by atoms with Gasteiger partial charge in [0.1, 0.15) is 11.5 Å². The Hall–Kier alpha value is -2.13. The zero-order valence-electron chi connectivity index (χ0n) is 13.4. The third-order valence-electron chi connectivity index (χ3n) is 3.56. The van der Waals surface area contributed by atoms with Gasteiger partial charge in [-0.3, -0.25) is 4.79 Å². The van der Waals surface area contributed by atoms with Crippen molar-refractivity contribution in [3.8, 4) is 11.5 Å². The summed E-state index contributed by atoms with van der Waals surface area (Å²) in [5.74, 6) is 0.360. The highest BCUT2D eigenvalue weighted by atomic mass is 127. The van der Waals surface area contributed by atoms with E-state index in [9.17, 15) is 9.90 Å². The van der Waals surface area contributed by atoms with E-state index in [4.69, 9.17) is 4.74 Å². The first-order chi connectivity index (χ1) is 12.5. The van der Waals surface area contributed by atoms with Crippen LogP contribution in [0.1, 0.15) is 5.56 Å². The lowest BCUT2D eigenvalue weighted by molar-refractivity contribution is -0.123. The zero-order chi connectivity index (χ0) is 18.5. The molecule has 0 aliphatic heterocycles. The molecule has 3 aromatic rings. The second-order valence-electron chi connectivity index (χ2n) is 5.38. The smallest absolute Gasteiger partial charge is 0.277 e. The van der Waals surface area contributed by atoms with Crippen LogP contribution in [0.15, 0.2) is 64.2 Å². The fourth-order valence-corrected chi connectivity index (χ4v) is 3.91. The Morgan fingerprint density at radius 3 is 2.85 bits per heavy atom. The Kier molecular flexibility index (Phi) is 6.10. The van der Waals surface area contributed by atoms with Gasteiger partial charge in [0.2, 0.25) is 0 Å². The van der Waals surface area contributed by atoms with Gasteiger partial charge in [0, 0.05) is 15.4 Å². The summed E-state index contributed by atoms with van der Waals surface area (Å²) in [6.45, 7) is -0.159. The molecular weight excluding hydrogens is 511 g/mol. The molecule has 26 heavy (non-hydrogen) atoms. The Morgan fingerprint density at radius 1 is 1.23 bits per heavy atom. The molecule has 0 aromatic heterocycles. The second-order valence-corrected chi connectivity index (χ2v) is 7.46. The minimum atomic E-state index is -0.390. The van der Waals surface area contributed by atoms with E-state index >= 15 is 0 Å². The van der Waals surface area contributed by atoms with Crippen LogP contribution in [0.2, 0.25) is 0 Å². The Morgan fingerprint density at radius 2 is 2.00 bits per heavy atom. The lowest BCUT2D eigenvalue weighted by Crippen LogP contribution is -2.24. The third kappa shape index (κ3) is 4.53. The summed E-state index contributed by atoms with van der Waals surface area (Å²) in [7, 11) is 0. The number of halogens is 2. The maximum atomic E-state index is 11.9. The summed E-state index contributed by atoms with van der Waals surface area (Å²) in [5, 5.41) is 15.8. The fraction of sp³-hybridized carbons (Fsp3) is 0.0526. The Balaban J connectivity index is 1.61. The molecule has 0 saturated heterocycles. The average molecular weight is 525 g/mol. The first-order valence-corrected chi connectivity index (χ1v) is 9.52. The Labute approximate surface area is 172 Å². The van der Waals surface area contributed by atoms with Crippen molar-refractivity contribution in [1.82, 2.24) is 5.43 Å². The molecule has 1 amide bonds. The first-order valence-electron chi connectivity index (χ1n) is 7.65. The molecule has 0 unspecified atom stereocenters. The summed E-state index contributed by atoms with van der Waals surface area (Å²) >= 11 is 5.37. The molecule has 0 bridgehead atoms. The molecule has 132 valence electrons. The lowest BCUT2D eigenvalue weighted by atomic mass is 10.1. The predicted octanol–water partition coefficient (Wildman–Crippen LogP) is 4.44. The lowest BCUT2D eigenvalue weighted by Gasteiger charge is -2.08. The highest BCUT2D eigenvalue weighted by Gasteiger charge is 2.07. The molecule has 0 radical (unpaired) electrons. The van der Waals surface area contributed by atoms with Crippen LogP contribution in [0, 0.1) is 3.57 Å². The van der Waals surface area contributed by atoms with Gasteiger partial charge in [-0.2, -0.15) is 5.10 Å². The van der Waals surface area contributed by atoms with Crippen molar-refractivity contribution in [2.24, 2.45) is 5.10 Å². The molecule has 0 heterocycles. The van der Waals surface area contributed by atoms with Gasteiger partial charge in [-0.05, 0) is 46.2 Å². The highest BCUT2D eigenvalue weighted by Crippen LogP contribution is 2.27. The monoisotopic (exact) mass is 524 g/mol. The van der Waals surface area contributed by atoms with Crippen molar-refractivity contribution in [1.29, 1.82) is 0 Å². The van der Waals surface area contributed by atoms with E-state index in [1.807, 2.05) is 65.1 Å². The average Bonchev–Trinajstić information content (AvgIpc) is 2.63. The van der Waals surface area contributed by atoms with Crippen molar-refractivity contribution >= 4 is 61.4 Å². The largest absolute Gasteiger partial charge is 0.506 e. The van der Waals surface area contributed by atoms with Crippen LogP contribution in [0.4, 0.5) is 0 Å². The number of rotatable bonds is 5. The molecule has 0 atom stereocenters. The second kappa shape index (κ2) is 8.50. The Bertz CT molecular complexity index is 986. The quantitative estimate of drug-likeness (QED) is 0.294. The number of nitrogens with zero attached hydrogens (tertiary/aromatic N) is 1. The van der Waals surface area contributed by atoms with Gasteiger partial charge in [-0.25, -0.2) is 5.43 Å². The number of carbonyl (C=O) groups is 1. The molecule has 0 aliphatic carbocycles. The molecule has 0 spiro atoms. The number of hydrogen-bond acceptors (Lipinski definition) is 4. The number of nitrogens with one attached hydrogen (secondary N) is 1. The third-order valence-corrected chi connectivity index (χ3v) is 4.84. The normalized spacial score (nSPS) is 11.0. The number of hydrogen-bond donors (Lipinski definition) is 2. The molecular formula is C19H14BrIN2O3. The van der Waals surface area contributed by atoms with Gasteiger partial charge in [0.15, 0.2) is 6.61 Å². The number of phenolic OH excluding ortho intramolecular Hbond substituents is 1. The van der Waals surface area contributed by atoms with Gasteiger partial charge in [-0.15, -0.1) is 0 Å². The van der Waals surface area contributed by atoms with Crippen molar-refractivity contribution in [3.63, 3.8) is 0 Å². The zero-order valence-corrected chi connectivity index (χ0v) is 17.2. The number of benzene rings is 3. The molecule has 5 nitrogen and oxygen atoms in total. The predicted molar refractivity (Wildman–Crippen MR) is 114 cm³/mol. The van der Waals surface area contributed by atoms with Gasteiger partial charge in [0.25, 0.3) is 5.91 Å². The minimum Gasteiger partial charge on any atom is -0.506 e. The van der Waals surface area contributed by atoms with Crippen molar-refractivity contribution in [2.75, 3.05) is 6.61 Å². The van der Waals surface area contributed by atoms with Gasteiger partial charge < -0.3 is 9.84 Å². The summed E-state index contributed by atoms with van der Waals surface area (Å²) in [5.41, 5.74) is 2.89. The number of hydrazone groups is 1. The standard InChI is InChI=1S/C19H14BrIN2O3/c20-14-8-13(19(25)16(21)9-14)10-22-23-18(24)11-26-17-7-3-5-12-4-1-2-6-15(12)17/h1-10,25H,11H2,(H,23,24)/b22-10+. The summed E-state index contributed by atoms with van der Waals surface area (Å²) in [6, 6.07) is 17.0. The molecule has 0 fully saturated rings. The number of aromatic hydroxyl groups is 1. The van der Waals surface area contributed by atoms with Crippen LogP contribution >= 0.6 is 38.5 Å². The van der Waals surface area contributed by atoms with E-state index in [0.29, 0.717) is 14.9 Å². The van der Waals surface area contributed by atoms with Crippen LogP contribution in [0.5, 0.6) is 11.5 Å². The molecule has 3 aromatic carbocycles.